The summed E-state index contributed by atoms with van der Waals surface area (Å²) in [4.78, 5) is 4.79. The molecule has 0 saturated carbocycles. The van der Waals surface area contributed by atoms with E-state index < -0.39 is 0 Å². The fourth-order valence-corrected chi connectivity index (χ4v) is 5.97. The van der Waals surface area contributed by atoms with Crippen LogP contribution >= 0.6 is 0 Å². The van der Waals surface area contributed by atoms with Crippen LogP contribution in [0.4, 0.5) is 22.7 Å². The molecule has 0 amide bonds. The second-order valence-corrected chi connectivity index (χ2v) is 12.3. The molecule has 0 fully saturated rings. The highest BCUT2D eigenvalue weighted by Gasteiger charge is 2.22. The van der Waals surface area contributed by atoms with Crippen LogP contribution in [0.15, 0.2) is 120 Å². The van der Waals surface area contributed by atoms with Crippen molar-refractivity contribution in [1.29, 1.82) is 0 Å². The fraction of sp³-hybridized carbons (Fsp3) is 0.238. The van der Waals surface area contributed by atoms with Crippen LogP contribution in [0, 0.1) is 39.5 Å². The number of hydrogen-bond donors (Lipinski definition) is 0. The number of nitrogens with zero attached hydrogens (tertiary/aromatic N) is 2. The molecule has 4 aromatic carbocycles. The van der Waals surface area contributed by atoms with E-state index in [0.29, 0.717) is 6.54 Å². The topological polar surface area (TPSA) is 6.48 Å². The van der Waals surface area contributed by atoms with Crippen LogP contribution in [0.25, 0.3) is 11.1 Å². The predicted octanol–water partition coefficient (Wildman–Crippen LogP) is 11.1. The molecule has 1 atom stereocenters. The quantitative estimate of drug-likeness (QED) is 0.202. The van der Waals surface area contributed by atoms with Crippen LogP contribution in [-0.2, 0) is 0 Å². The molecule has 1 aliphatic rings. The summed E-state index contributed by atoms with van der Waals surface area (Å²) in [6.45, 7) is 15.8. The minimum absolute atomic E-state index is 0.278. The summed E-state index contributed by atoms with van der Waals surface area (Å²) in [6.07, 6.45) is 9.75. The smallest absolute Gasteiger partial charge is 0.0846 e. The molecule has 0 aromatic heterocycles. The van der Waals surface area contributed by atoms with Gasteiger partial charge in [-0.1, -0.05) is 77.6 Å². The third-order valence-corrected chi connectivity index (χ3v) is 8.17. The van der Waals surface area contributed by atoms with Crippen molar-refractivity contribution in [1.82, 2.24) is 0 Å². The van der Waals surface area contributed by atoms with Gasteiger partial charge in [0.15, 0.2) is 0 Å². The van der Waals surface area contributed by atoms with Crippen molar-refractivity contribution in [2.24, 2.45) is 0 Å². The Labute approximate surface area is 265 Å². The molecule has 1 aliphatic carbocycles. The number of rotatable bonds is 7. The van der Waals surface area contributed by atoms with Gasteiger partial charge in [-0.2, -0.15) is 0 Å². The molecule has 0 radical (unpaired) electrons. The van der Waals surface area contributed by atoms with Crippen molar-refractivity contribution >= 4 is 22.7 Å². The molecule has 0 unspecified atom stereocenters. The molecule has 0 saturated heterocycles. The van der Waals surface area contributed by atoms with Gasteiger partial charge < -0.3 is 9.80 Å². The molecule has 5 rings (SSSR count). The summed E-state index contributed by atoms with van der Waals surface area (Å²) < 4.78 is 0. The number of benzene rings is 4. The van der Waals surface area contributed by atoms with E-state index in [1.807, 2.05) is 6.08 Å². The Morgan fingerprint density at radius 3 is 1.91 bits per heavy atom. The van der Waals surface area contributed by atoms with Crippen molar-refractivity contribution in [3.05, 3.63) is 143 Å². The van der Waals surface area contributed by atoms with Gasteiger partial charge >= 0.3 is 0 Å². The van der Waals surface area contributed by atoms with Gasteiger partial charge in [0.25, 0.3) is 0 Å². The second kappa shape index (κ2) is 13.7. The van der Waals surface area contributed by atoms with Crippen molar-refractivity contribution in [2.45, 2.75) is 60.9 Å². The van der Waals surface area contributed by atoms with E-state index in [1.54, 1.807) is 0 Å². The van der Waals surface area contributed by atoms with E-state index >= 15 is 0 Å². The molecule has 2 nitrogen and oxygen atoms in total. The molecule has 0 spiro atoms. The summed E-state index contributed by atoms with van der Waals surface area (Å²) in [5, 5.41) is 0. The number of allylic oxidation sites excluding steroid dienone is 4. The Balaban J connectivity index is 1.49. The zero-order valence-electron chi connectivity index (χ0n) is 27.3. The molecule has 0 N–H and O–H groups in total. The minimum atomic E-state index is 0.278. The molecule has 4 aromatic rings. The number of anilines is 4. The molecule has 0 bridgehead atoms. The van der Waals surface area contributed by atoms with Gasteiger partial charge in [-0.05, 0) is 143 Å². The maximum atomic E-state index is 3.36. The lowest BCUT2D eigenvalue weighted by Crippen LogP contribution is -2.30. The Hall–Kier alpha value is -4.74. The highest BCUT2D eigenvalue weighted by atomic mass is 15.2. The Morgan fingerprint density at radius 2 is 1.30 bits per heavy atom. The summed E-state index contributed by atoms with van der Waals surface area (Å²) in [7, 11) is 0. The molecule has 0 heterocycles. The lowest BCUT2D eigenvalue weighted by atomic mass is 9.94. The average molecular weight is 577 g/mol. The van der Waals surface area contributed by atoms with Crippen LogP contribution in [0.2, 0.25) is 0 Å². The zero-order chi connectivity index (χ0) is 31.2. The monoisotopic (exact) mass is 576 g/mol. The molecular formula is C42H44N2. The first-order valence-electron chi connectivity index (χ1n) is 15.6. The van der Waals surface area contributed by atoms with E-state index in [1.165, 1.54) is 55.9 Å². The fourth-order valence-electron chi connectivity index (χ4n) is 5.97. The molecule has 2 heteroatoms. The maximum Gasteiger partial charge on any atom is 0.0846 e. The van der Waals surface area contributed by atoms with E-state index in [9.17, 15) is 0 Å². The maximum absolute atomic E-state index is 3.36. The Morgan fingerprint density at radius 1 is 0.727 bits per heavy atom. The summed E-state index contributed by atoms with van der Waals surface area (Å²) in [6, 6.07) is 31.5. The summed E-state index contributed by atoms with van der Waals surface area (Å²) in [5.74, 6) is 6.58. The average Bonchev–Trinajstić information content (AvgIpc) is 2.98. The third-order valence-electron chi connectivity index (χ3n) is 8.17. The van der Waals surface area contributed by atoms with Gasteiger partial charge in [0, 0.05) is 22.7 Å². The first kappa shape index (κ1) is 30.7. The lowest BCUT2D eigenvalue weighted by Gasteiger charge is -2.34. The second-order valence-electron chi connectivity index (χ2n) is 12.3. The van der Waals surface area contributed by atoms with Crippen molar-refractivity contribution in [3.63, 3.8) is 0 Å². The highest BCUT2D eigenvalue weighted by Crippen LogP contribution is 2.37. The van der Waals surface area contributed by atoms with Gasteiger partial charge in [0.1, 0.15) is 0 Å². The van der Waals surface area contributed by atoms with Gasteiger partial charge in [0.2, 0.25) is 0 Å². The van der Waals surface area contributed by atoms with E-state index in [4.69, 9.17) is 0 Å². The van der Waals surface area contributed by atoms with E-state index in [0.717, 1.165) is 17.8 Å². The summed E-state index contributed by atoms with van der Waals surface area (Å²) in [5.41, 5.74) is 14.9. The van der Waals surface area contributed by atoms with Crippen molar-refractivity contribution in [2.75, 3.05) is 16.3 Å². The Bertz CT molecular complexity index is 1800. The zero-order valence-corrected chi connectivity index (χ0v) is 27.3. The Kier molecular flexibility index (Phi) is 9.56. The molecular weight excluding hydrogens is 532 g/mol. The van der Waals surface area contributed by atoms with Crippen LogP contribution in [0.1, 0.15) is 49.4 Å². The van der Waals surface area contributed by atoms with Crippen LogP contribution in [-0.4, -0.2) is 12.6 Å². The van der Waals surface area contributed by atoms with Crippen molar-refractivity contribution < 1.29 is 0 Å². The lowest BCUT2D eigenvalue weighted by molar-refractivity contribution is 0.756. The van der Waals surface area contributed by atoms with Crippen LogP contribution in [0.3, 0.4) is 0 Å². The number of aryl methyl sites for hydroxylation is 4. The normalized spacial score (nSPS) is 13.9. The van der Waals surface area contributed by atoms with E-state index in [2.05, 4.69) is 173 Å². The molecule has 0 aliphatic heterocycles. The van der Waals surface area contributed by atoms with Gasteiger partial charge in [-0.3, -0.25) is 0 Å². The first-order valence-corrected chi connectivity index (χ1v) is 15.6. The van der Waals surface area contributed by atoms with Crippen LogP contribution < -0.4 is 9.80 Å². The van der Waals surface area contributed by atoms with Crippen LogP contribution in [0.5, 0.6) is 0 Å². The van der Waals surface area contributed by atoms with Gasteiger partial charge in [-0.15, -0.1) is 0 Å². The van der Waals surface area contributed by atoms with Crippen molar-refractivity contribution in [3.8, 4) is 23.0 Å². The first-order chi connectivity index (χ1) is 21.2. The third kappa shape index (κ3) is 7.24. The minimum Gasteiger partial charge on any atom is -0.334 e. The number of hydrogen-bond acceptors (Lipinski definition) is 2. The van der Waals surface area contributed by atoms with Gasteiger partial charge in [0.05, 0.1) is 12.6 Å². The van der Waals surface area contributed by atoms with Gasteiger partial charge in [-0.25, -0.2) is 0 Å². The molecule has 44 heavy (non-hydrogen) atoms. The van der Waals surface area contributed by atoms with E-state index in [-0.39, 0.29) is 6.04 Å². The standard InChI is InChI=1S/C42H44N2/c1-30(2)13-8-9-24-43(36-17-10-14-31(3)25-36)37-20-22-41(34(6)28-37)42-23-21-40(29-35(42)7)44(38-18-11-15-32(4)26-38)39-19-12-16-33(5)27-39/h10-23,25-26,28-29,39H,24,27H2,1-7H3/t39-/m0/s1. The highest BCUT2D eigenvalue weighted by molar-refractivity contribution is 5.78. The molecule has 222 valence electrons. The largest absolute Gasteiger partial charge is 0.334 e. The summed E-state index contributed by atoms with van der Waals surface area (Å²) >= 11 is 0. The SMILES string of the molecule is CC(C)=CC#CCN(c1cccc(C)c1)c1ccc(-c2ccc(N(c3cccc(C)c3)[C@H]3C=CC=C(C)C3)cc2C)c(C)c1. The predicted molar refractivity (Wildman–Crippen MR) is 191 cm³/mol.